The third-order valence-electron chi connectivity index (χ3n) is 7.84. The number of carbonyl (C=O) groups is 1. The molecule has 0 radical (unpaired) electrons. The molecule has 5 rings (SSSR count). The average Bonchev–Trinajstić information content (AvgIpc) is 2.81. The second-order valence-electron chi connectivity index (χ2n) is 11.9. The number of piperidine rings is 1. The first-order valence-electron chi connectivity index (χ1n) is 13.2. The summed E-state index contributed by atoms with van der Waals surface area (Å²) in [6, 6.07) is 10.1. The number of carbonyl (C=O) groups excluding carboxylic acids is 1. The molecule has 2 aromatic rings. The molecule has 1 saturated carbocycles. The fourth-order valence-electron chi connectivity index (χ4n) is 5.93. The van der Waals surface area contributed by atoms with E-state index in [0.29, 0.717) is 36.0 Å². The Morgan fingerprint density at radius 3 is 2.53 bits per heavy atom. The molecule has 194 valence electrons. The summed E-state index contributed by atoms with van der Waals surface area (Å²) in [6.07, 6.45) is 6.44. The lowest BCUT2D eigenvalue weighted by Gasteiger charge is -2.52. The minimum Gasteiger partial charge on any atom is -0.486 e. The number of amides is 1. The molecular weight excluding hydrogens is 456 g/mol. The number of likely N-dealkylation sites (tertiary alicyclic amines) is 1. The van der Waals surface area contributed by atoms with Gasteiger partial charge >= 0.3 is 6.09 Å². The maximum Gasteiger partial charge on any atom is 0.410 e. The molecule has 3 heterocycles. The first kappa shape index (κ1) is 24.9. The highest BCUT2D eigenvalue weighted by atomic mass is 16.6. The van der Waals surface area contributed by atoms with Gasteiger partial charge < -0.3 is 18.8 Å². The van der Waals surface area contributed by atoms with Crippen LogP contribution >= 0.6 is 0 Å². The number of hydrogen-bond acceptors (Lipinski definition) is 6. The molecule has 1 aliphatic carbocycles. The molecular formula is C29H38N2O5. The Kier molecular flexibility index (Phi) is 6.86. The first-order chi connectivity index (χ1) is 17.2. The fraction of sp³-hybridized carbons (Fsp3) is 0.586. The second kappa shape index (κ2) is 9.92. The molecule has 1 aromatic heterocycles. The van der Waals surface area contributed by atoms with Gasteiger partial charge in [-0.1, -0.05) is 24.3 Å². The zero-order chi connectivity index (χ0) is 25.3. The predicted molar refractivity (Wildman–Crippen MR) is 137 cm³/mol. The van der Waals surface area contributed by atoms with Crippen molar-refractivity contribution in [2.45, 2.75) is 71.6 Å². The molecule has 1 saturated heterocycles. The van der Waals surface area contributed by atoms with Crippen molar-refractivity contribution in [3.8, 4) is 5.75 Å². The summed E-state index contributed by atoms with van der Waals surface area (Å²) >= 11 is 0. The zero-order valence-corrected chi connectivity index (χ0v) is 21.8. The third-order valence-corrected chi connectivity index (χ3v) is 7.84. The molecule has 7 heteroatoms. The van der Waals surface area contributed by atoms with Crippen LogP contribution in [0.3, 0.4) is 0 Å². The average molecular weight is 495 g/mol. The van der Waals surface area contributed by atoms with E-state index in [1.54, 1.807) is 6.07 Å². The van der Waals surface area contributed by atoms with E-state index < -0.39 is 5.60 Å². The molecule has 1 aromatic carbocycles. The van der Waals surface area contributed by atoms with E-state index in [0.717, 1.165) is 58.3 Å². The third kappa shape index (κ3) is 5.77. The Morgan fingerprint density at radius 1 is 1.11 bits per heavy atom. The Balaban J connectivity index is 1.06. The van der Waals surface area contributed by atoms with Crippen LogP contribution in [0.15, 0.2) is 45.8 Å². The van der Waals surface area contributed by atoms with Crippen molar-refractivity contribution in [1.82, 2.24) is 9.80 Å². The van der Waals surface area contributed by atoms with Gasteiger partial charge in [-0.3, -0.25) is 9.69 Å². The Hall–Kier alpha value is -2.80. The van der Waals surface area contributed by atoms with Crippen LogP contribution in [0.1, 0.15) is 63.3 Å². The topological polar surface area (TPSA) is 72.2 Å². The molecule has 0 unspecified atom stereocenters. The lowest BCUT2D eigenvalue weighted by Crippen LogP contribution is -2.50. The SMILES string of the molecule is CC(C)(C)OC(=O)N1CCC2(CC1)CC(COc1coc(CN3CCc4ccccc4C3)cc1=O)C2. The van der Waals surface area contributed by atoms with Crippen molar-refractivity contribution < 1.29 is 18.7 Å². The highest BCUT2D eigenvalue weighted by molar-refractivity contribution is 5.68. The van der Waals surface area contributed by atoms with Gasteiger partial charge in [-0.2, -0.15) is 0 Å². The van der Waals surface area contributed by atoms with Crippen LogP contribution in [0.25, 0.3) is 0 Å². The molecule has 1 amide bonds. The van der Waals surface area contributed by atoms with Crippen molar-refractivity contribution in [3.05, 3.63) is 63.7 Å². The number of rotatable bonds is 5. The molecule has 1 spiro atoms. The number of ether oxygens (including phenoxy) is 2. The van der Waals surface area contributed by atoms with E-state index in [4.69, 9.17) is 13.9 Å². The summed E-state index contributed by atoms with van der Waals surface area (Å²) in [4.78, 5) is 29.1. The molecule has 36 heavy (non-hydrogen) atoms. The van der Waals surface area contributed by atoms with E-state index in [-0.39, 0.29) is 11.5 Å². The van der Waals surface area contributed by atoms with Crippen molar-refractivity contribution in [2.24, 2.45) is 11.3 Å². The highest BCUT2D eigenvalue weighted by Crippen LogP contribution is 2.52. The van der Waals surface area contributed by atoms with Crippen molar-refractivity contribution in [1.29, 1.82) is 0 Å². The maximum absolute atomic E-state index is 12.6. The van der Waals surface area contributed by atoms with E-state index >= 15 is 0 Å². The van der Waals surface area contributed by atoms with Gasteiger partial charge in [0.2, 0.25) is 11.2 Å². The van der Waals surface area contributed by atoms with Gasteiger partial charge in [0.1, 0.15) is 17.6 Å². The quantitative estimate of drug-likeness (QED) is 0.582. The second-order valence-corrected chi connectivity index (χ2v) is 11.9. The molecule has 0 atom stereocenters. The van der Waals surface area contributed by atoms with E-state index in [2.05, 4.69) is 29.2 Å². The van der Waals surface area contributed by atoms with Crippen LogP contribution in [0.4, 0.5) is 4.79 Å². The van der Waals surface area contributed by atoms with Crippen LogP contribution in [-0.4, -0.2) is 47.7 Å². The lowest BCUT2D eigenvalue weighted by molar-refractivity contribution is -0.0382. The monoisotopic (exact) mass is 494 g/mol. The number of nitrogens with zero attached hydrogens (tertiary/aromatic N) is 2. The van der Waals surface area contributed by atoms with Gasteiger partial charge in [0, 0.05) is 32.2 Å². The summed E-state index contributed by atoms with van der Waals surface area (Å²) in [5.41, 5.74) is 2.47. The van der Waals surface area contributed by atoms with Crippen molar-refractivity contribution >= 4 is 6.09 Å². The van der Waals surface area contributed by atoms with Crippen molar-refractivity contribution in [3.63, 3.8) is 0 Å². The molecule has 0 N–H and O–H groups in total. The normalized spacial score (nSPS) is 20.0. The van der Waals surface area contributed by atoms with Gasteiger partial charge in [0.05, 0.1) is 13.2 Å². The highest BCUT2D eigenvalue weighted by Gasteiger charge is 2.46. The van der Waals surface area contributed by atoms with Gasteiger partial charge in [0.15, 0.2) is 0 Å². The first-order valence-corrected chi connectivity index (χ1v) is 13.2. The molecule has 0 bridgehead atoms. The number of benzene rings is 1. The van der Waals surface area contributed by atoms with E-state index in [1.807, 2.05) is 25.7 Å². The van der Waals surface area contributed by atoms with Gasteiger partial charge in [-0.05, 0) is 75.3 Å². The fourth-order valence-corrected chi connectivity index (χ4v) is 5.93. The Bertz CT molecular complexity index is 1130. The van der Waals surface area contributed by atoms with E-state index in [1.165, 1.54) is 17.4 Å². The zero-order valence-electron chi connectivity index (χ0n) is 21.8. The van der Waals surface area contributed by atoms with Gasteiger partial charge in [-0.15, -0.1) is 0 Å². The summed E-state index contributed by atoms with van der Waals surface area (Å²) in [5.74, 6) is 1.40. The summed E-state index contributed by atoms with van der Waals surface area (Å²) in [6.45, 7) is 10.2. The summed E-state index contributed by atoms with van der Waals surface area (Å²) in [5, 5.41) is 0. The molecule has 2 fully saturated rings. The lowest BCUT2D eigenvalue weighted by atomic mass is 9.58. The number of fused-ring (bicyclic) bond motifs is 1. The minimum absolute atomic E-state index is 0.117. The minimum atomic E-state index is -0.462. The van der Waals surface area contributed by atoms with Crippen LogP contribution < -0.4 is 10.2 Å². The maximum atomic E-state index is 12.6. The van der Waals surface area contributed by atoms with Crippen LogP contribution in [0.5, 0.6) is 5.75 Å². The Labute approximate surface area is 213 Å². The summed E-state index contributed by atoms with van der Waals surface area (Å²) in [7, 11) is 0. The van der Waals surface area contributed by atoms with Crippen LogP contribution in [0.2, 0.25) is 0 Å². The molecule has 2 aliphatic heterocycles. The summed E-state index contributed by atoms with van der Waals surface area (Å²) < 4.78 is 17.2. The number of hydrogen-bond donors (Lipinski definition) is 0. The van der Waals surface area contributed by atoms with E-state index in [9.17, 15) is 9.59 Å². The van der Waals surface area contributed by atoms with Crippen LogP contribution in [0, 0.1) is 11.3 Å². The predicted octanol–water partition coefficient (Wildman–Crippen LogP) is 5.00. The van der Waals surface area contributed by atoms with Gasteiger partial charge in [0.25, 0.3) is 0 Å². The standard InChI is InChI=1S/C29H38N2O5/c1-28(2,3)36-27(33)31-12-9-29(10-13-31)15-21(16-29)19-35-26-20-34-24(14-25(26)32)18-30-11-8-22-6-4-5-7-23(22)17-30/h4-7,14,20-21H,8-13,15-19H2,1-3H3. The largest absolute Gasteiger partial charge is 0.486 e. The van der Waals surface area contributed by atoms with Crippen molar-refractivity contribution in [2.75, 3.05) is 26.2 Å². The smallest absolute Gasteiger partial charge is 0.410 e. The molecule has 7 nitrogen and oxygen atoms in total. The van der Waals surface area contributed by atoms with Crippen LogP contribution in [-0.2, 0) is 24.2 Å². The molecule has 3 aliphatic rings. The van der Waals surface area contributed by atoms with Gasteiger partial charge in [-0.25, -0.2) is 4.79 Å². The Morgan fingerprint density at radius 2 is 1.83 bits per heavy atom.